The molecule has 0 bridgehead atoms. The van der Waals surface area contributed by atoms with Gasteiger partial charge in [-0.3, -0.25) is 0 Å². The van der Waals surface area contributed by atoms with Crippen LogP contribution in [-0.4, -0.2) is 30.4 Å². The lowest BCUT2D eigenvalue weighted by Gasteiger charge is -2.10. The summed E-state index contributed by atoms with van der Waals surface area (Å²) in [7, 11) is 1.77. The fourth-order valence-electron chi connectivity index (χ4n) is 1.56. The van der Waals surface area contributed by atoms with E-state index in [2.05, 4.69) is 14.3 Å². The Morgan fingerprint density at radius 3 is 2.44 bits per heavy atom. The Balaban J connectivity index is 2.76. The summed E-state index contributed by atoms with van der Waals surface area (Å²) in [5, 5.41) is 0.672. The molecule has 0 aliphatic carbocycles. The number of ether oxygens (including phenoxy) is 2. The van der Waals surface area contributed by atoms with E-state index >= 15 is 0 Å². The highest BCUT2D eigenvalue weighted by Crippen LogP contribution is 2.34. The van der Waals surface area contributed by atoms with E-state index < -0.39 is 10.6 Å². The Labute approximate surface area is 106 Å². The monoisotopic (exact) mass is 266 g/mol. The summed E-state index contributed by atoms with van der Waals surface area (Å²) in [6.45, 7) is 0. The largest absolute Gasteiger partial charge is 0.493 e. The Morgan fingerprint density at radius 2 is 1.83 bits per heavy atom. The van der Waals surface area contributed by atoms with E-state index in [0.29, 0.717) is 28.2 Å². The van der Waals surface area contributed by atoms with Gasteiger partial charge in [0.2, 0.25) is 0 Å². The second-order valence-corrected chi connectivity index (χ2v) is 4.47. The van der Waals surface area contributed by atoms with Crippen molar-refractivity contribution >= 4 is 27.3 Å². The fourth-order valence-corrected chi connectivity index (χ4v) is 1.95. The van der Waals surface area contributed by atoms with Gasteiger partial charge < -0.3 is 18.0 Å². The summed E-state index contributed by atoms with van der Waals surface area (Å²) in [4.78, 5) is 8.14. The zero-order valence-corrected chi connectivity index (χ0v) is 11.0. The van der Waals surface area contributed by atoms with E-state index in [9.17, 15) is 4.21 Å². The van der Waals surface area contributed by atoms with Crippen molar-refractivity contribution in [1.82, 2.24) is 9.97 Å². The van der Waals surface area contributed by atoms with Gasteiger partial charge in [-0.05, 0) is 6.07 Å². The van der Waals surface area contributed by atoms with Crippen molar-refractivity contribution in [3.63, 3.8) is 0 Å². The van der Waals surface area contributed by atoms with Gasteiger partial charge in [0.15, 0.2) is 11.5 Å². The first-order chi connectivity index (χ1) is 8.65. The molecule has 0 atom stereocenters. The highest BCUT2D eigenvalue weighted by molar-refractivity contribution is 7.74. The summed E-state index contributed by atoms with van der Waals surface area (Å²) in [5.74, 6) is 1.51. The van der Waals surface area contributed by atoms with Gasteiger partial charge in [-0.2, -0.15) is 10.6 Å². The van der Waals surface area contributed by atoms with Crippen molar-refractivity contribution < 1.29 is 13.7 Å². The minimum Gasteiger partial charge on any atom is -0.493 e. The van der Waals surface area contributed by atoms with Crippen molar-refractivity contribution in [1.29, 1.82) is 0 Å². The molecule has 7 heteroatoms. The van der Waals surface area contributed by atoms with Gasteiger partial charge in [0.05, 0.1) is 19.7 Å². The fraction of sp³-hybridized carbons (Fsp3) is 0.273. The maximum atomic E-state index is 11.2. The molecule has 0 aliphatic rings. The Morgan fingerprint density at radius 1 is 1.17 bits per heavy atom. The number of methoxy groups -OCH3 is 2. The van der Waals surface area contributed by atoms with Crippen LogP contribution < -0.4 is 9.47 Å². The smallest absolute Gasteiger partial charge is 0.162 e. The molecule has 0 unspecified atom stereocenters. The Hall–Kier alpha value is -1.89. The molecule has 6 nitrogen and oxygen atoms in total. The lowest BCUT2D eigenvalue weighted by Crippen LogP contribution is -1.92. The molecule has 0 saturated carbocycles. The maximum absolute atomic E-state index is 11.2. The predicted molar refractivity (Wildman–Crippen MR) is 68.7 cm³/mol. The molecular formula is C11H12N3O3S-. The molecule has 1 aromatic carbocycles. The first-order valence-corrected chi connectivity index (χ1v) is 6.59. The van der Waals surface area contributed by atoms with Crippen LogP contribution in [0.2, 0.25) is 0 Å². The normalized spacial score (nSPS) is 12.6. The highest BCUT2D eigenvalue weighted by atomic mass is 32.2. The van der Waals surface area contributed by atoms with Crippen LogP contribution in [0.5, 0.6) is 11.5 Å². The predicted octanol–water partition coefficient (Wildman–Crippen LogP) is 2.06. The quantitative estimate of drug-likeness (QED) is 0.795. The Bertz CT molecular complexity index is 666. The number of aromatic nitrogens is 2. The molecule has 0 spiro atoms. The minimum absolute atomic E-state index is 0.377. The molecule has 0 aliphatic heterocycles. The van der Waals surface area contributed by atoms with Gasteiger partial charge in [0.1, 0.15) is 12.1 Å². The molecule has 0 radical (unpaired) electrons. The maximum Gasteiger partial charge on any atom is 0.162 e. The second-order valence-electron chi connectivity index (χ2n) is 3.44. The van der Waals surface area contributed by atoms with E-state index in [1.54, 1.807) is 26.4 Å². The van der Waals surface area contributed by atoms with Crippen molar-refractivity contribution in [2.75, 3.05) is 20.5 Å². The number of benzene rings is 1. The molecule has 1 aromatic heterocycles. The van der Waals surface area contributed by atoms with Crippen molar-refractivity contribution in [2.45, 2.75) is 0 Å². The van der Waals surface area contributed by atoms with Gasteiger partial charge >= 0.3 is 0 Å². The van der Waals surface area contributed by atoms with Crippen molar-refractivity contribution in [2.24, 2.45) is 4.36 Å². The average Bonchev–Trinajstić information content (AvgIpc) is 2.37. The summed E-state index contributed by atoms with van der Waals surface area (Å²) in [6.07, 6.45) is 2.86. The van der Waals surface area contributed by atoms with Gasteiger partial charge in [-0.25, -0.2) is 9.97 Å². The molecule has 0 N–H and O–H groups in total. The zero-order chi connectivity index (χ0) is 13.1. The first kappa shape index (κ1) is 12.6. The molecule has 2 rings (SSSR count). The van der Waals surface area contributed by atoms with E-state index in [1.165, 1.54) is 12.6 Å². The Kier molecular flexibility index (Phi) is 3.61. The average molecular weight is 266 g/mol. The van der Waals surface area contributed by atoms with Crippen molar-refractivity contribution in [3.05, 3.63) is 18.5 Å². The van der Waals surface area contributed by atoms with E-state index in [1.807, 2.05) is 0 Å². The van der Waals surface area contributed by atoms with Crippen LogP contribution in [0.4, 0.5) is 5.82 Å². The van der Waals surface area contributed by atoms with Crippen LogP contribution in [0.25, 0.3) is 10.9 Å². The van der Waals surface area contributed by atoms with Gasteiger partial charge in [-0.1, -0.05) is 0 Å². The van der Waals surface area contributed by atoms with E-state index in [4.69, 9.17) is 9.47 Å². The van der Waals surface area contributed by atoms with Crippen LogP contribution >= 0.6 is 0 Å². The zero-order valence-electron chi connectivity index (χ0n) is 10.2. The summed E-state index contributed by atoms with van der Waals surface area (Å²) < 4.78 is 25.5. The lowest BCUT2D eigenvalue weighted by atomic mass is 10.2. The molecule has 1 heterocycles. The summed E-state index contributed by atoms with van der Waals surface area (Å²) in [6, 6.07) is 3.45. The third-order valence-electron chi connectivity index (χ3n) is 2.33. The summed E-state index contributed by atoms with van der Waals surface area (Å²) in [5.41, 5.74) is 0.659. The third kappa shape index (κ3) is 2.35. The number of hydrogen-bond acceptors (Lipinski definition) is 7. The van der Waals surface area contributed by atoms with Gasteiger partial charge in [-0.15, -0.1) is 6.26 Å². The van der Waals surface area contributed by atoms with Gasteiger partial charge in [0.25, 0.3) is 0 Å². The molecular weight excluding hydrogens is 254 g/mol. The number of fused-ring (bicyclic) bond motifs is 1. The third-order valence-corrected chi connectivity index (χ3v) is 2.76. The first-order valence-electron chi connectivity index (χ1n) is 5.07. The lowest BCUT2D eigenvalue weighted by molar-refractivity contribution is 0.356. The van der Waals surface area contributed by atoms with Crippen LogP contribution in [0.3, 0.4) is 0 Å². The number of hydrogen-bond donors (Lipinski definition) is 0. The van der Waals surface area contributed by atoms with Crippen LogP contribution in [-0.2, 0) is 14.8 Å². The number of rotatable bonds is 3. The van der Waals surface area contributed by atoms with Gasteiger partial charge in [0, 0.05) is 11.5 Å². The SMILES string of the molecule is COc1cc2ncnc(N=[S-](C)=O)c2cc1OC. The molecule has 18 heavy (non-hydrogen) atoms. The van der Waals surface area contributed by atoms with E-state index in [0.717, 1.165) is 0 Å². The molecule has 96 valence electrons. The second kappa shape index (κ2) is 5.18. The topological polar surface area (TPSA) is 73.7 Å². The molecule has 0 fully saturated rings. The highest BCUT2D eigenvalue weighted by Gasteiger charge is 2.09. The molecule has 0 saturated heterocycles. The van der Waals surface area contributed by atoms with E-state index in [-0.39, 0.29) is 0 Å². The van der Waals surface area contributed by atoms with Crippen LogP contribution in [0.15, 0.2) is 22.8 Å². The minimum atomic E-state index is -1.33. The van der Waals surface area contributed by atoms with Crippen molar-refractivity contribution in [3.8, 4) is 11.5 Å². The molecule has 0 amide bonds. The standard InChI is InChI=1S/C11H12N3O3S/c1-16-9-4-7-8(5-10(9)17-2)12-6-13-11(7)14-18(3)15/h4-6H,1-3H3/q-1. The van der Waals surface area contributed by atoms with Crippen LogP contribution in [0.1, 0.15) is 0 Å². The van der Waals surface area contributed by atoms with Crippen LogP contribution in [0, 0.1) is 0 Å². The summed E-state index contributed by atoms with van der Waals surface area (Å²) >= 11 is 0. The number of nitrogens with zero attached hydrogens (tertiary/aromatic N) is 3. The molecule has 2 aromatic rings.